The number of amides is 1. The van der Waals surface area contributed by atoms with Crippen LogP contribution in [0.1, 0.15) is 12.0 Å². The number of rotatable bonds is 7. The van der Waals surface area contributed by atoms with Crippen LogP contribution >= 0.6 is 35.1 Å². The number of carbonyl (C=O) groups is 1. The van der Waals surface area contributed by atoms with Crippen LogP contribution in [0.25, 0.3) is 0 Å². The molecule has 0 atom stereocenters. The fourth-order valence-corrected chi connectivity index (χ4v) is 3.10. The molecule has 0 aliphatic heterocycles. The molecular weight excluding hydrogens is 348 g/mol. The lowest BCUT2D eigenvalue weighted by atomic mass is 10.2. The first-order valence-electron chi connectivity index (χ1n) is 7.02. The molecule has 2 aromatic rings. The lowest BCUT2D eigenvalue weighted by Gasteiger charge is -2.01. The molecule has 0 aliphatic rings. The van der Waals surface area contributed by atoms with Gasteiger partial charge in [-0.1, -0.05) is 23.7 Å². The van der Waals surface area contributed by atoms with Crippen LogP contribution in [0.3, 0.4) is 0 Å². The molecule has 23 heavy (non-hydrogen) atoms. The molecule has 0 spiro atoms. The maximum Gasteiger partial charge on any atom is 0.240 e. The number of nitrogens with one attached hydrogen (secondary N) is 1. The third kappa shape index (κ3) is 6.69. The Labute approximate surface area is 149 Å². The summed E-state index contributed by atoms with van der Waals surface area (Å²) in [5.74, 6) is 0.606. The van der Waals surface area contributed by atoms with Gasteiger partial charge in [0, 0.05) is 27.0 Å². The number of hydrogen-bond donors (Lipinski definition) is 1. The molecule has 0 unspecified atom stereocenters. The second-order valence-electron chi connectivity index (χ2n) is 4.62. The third-order valence-corrected chi connectivity index (χ3v) is 4.94. The predicted molar refractivity (Wildman–Crippen MR) is 101 cm³/mol. The van der Waals surface area contributed by atoms with Crippen molar-refractivity contribution in [3.8, 4) is 0 Å². The lowest BCUT2D eigenvalue weighted by Crippen LogP contribution is -2.17. The molecule has 0 aromatic heterocycles. The molecule has 1 N–H and O–H groups in total. The maximum absolute atomic E-state index is 11.7. The molecule has 0 bridgehead atoms. The number of hydrazone groups is 1. The van der Waals surface area contributed by atoms with Crippen molar-refractivity contribution in [2.24, 2.45) is 5.10 Å². The van der Waals surface area contributed by atoms with Gasteiger partial charge in [-0.05, 0) is 48.2 Å². The summed E-state index contributed by atoms with van der Waals surface area (Å²) in [7, 11) is 0. The monoisotopic (exact) mass is 364 g/mol. The van der Waals surface area contributed by atoms with Gasteiger partial charge in [0.15, 0.2) is 0 Å². The summed E-state index contributed by atoms with van der Waals surface area (Å²) in [5.41, 5.74) is 3.50. The van der Waals surface area contributed by atoms with Gasteiger partial charge in [0.05, 0.1) is 6.21 Å². The van der Waals surface area contributed by atoms with Crippen LogP contribution in [0.5, 0.6) is 0 Å². The Kier molecular flexibility index (Phi) is 7.52. The summed E-state index contributed by atoms with van der Waals surface area (Å²) in [4.78, 5) is 14.0. The van der Waals surface area contributed by atoms with E-state index in [1.807, 2.05) is 54.8 Å². The largest absolute Gasteiger partial charge is 0.273 e. The van der Waals surface area contributed by atoms with E-state index in [1.165, 1.54) is 4.90 Å². The normalized spacial score (nSPS) is 10.9. The van der Waals surface area contributed by atoms with Crippen LogP contribution in [-0.2, 0) is 4.79 Å². The summed E-state index contributed by atoms with van der Waals surface area (Å²) in [6.45, 7) is 0. The number of nitrogens with zero attached hydrogens (tertiary/aromatic N) is 1. The van der Waals surface area contributed by atoms with Crippen LogP contribution in [0, 0.1) is 0 Å². The van der Waals surface area contributed by atoms with Crippen LogP contribution in [-0.4, -0.2) is 24.1 Å². The number of hydrogen-bond acceptors (Lipinski definition) is 4. The van der Waals surface area contributed by atoms with Crippen LogP contribution in [0.2, 0.25) is 5.02 Å². The number of halogens is 1. The highest BCUT2D eigenvalue weighted by Gasteiger charge is 2.01. The molecule has 6 heteroatoms. The van der Waals surface area contributed by atoms with Gasteiger partial charge in [-0.3, -0.25) is 4.79 Å². The van der Waals surface area contributed by atoms with Gasteiger partial charge in [-0.25, -0.2) is 5.43 Å². The van der Waals surface area contributed by atoms with E-state index in [2.05, 4.69) is 10.5 Å². The molecule has 2 rings (SSSR count). The zero-order valence-electron chi connectivity index (χ0n) is 12.7. The third-order valence-electron chi connectivity index (χ3n) is 2.93. The highest BCUT2D eigenvalue weighted by atomic mass is 35.5. The summed E-state index contributed by atoms with van der Waals surface area (Å²) in [6.07, 6.45) is 4.09. The van der Waals surface area contributed by atoms with E-state index in [4.69, 9.17) is 11.6 Å². The maximum atomic E-state index is 11.7. The molecule has 0 fully saturated rings. The topological polar surface area (TPSA) is 41.5 Å². The summed E-state index contributed by atoms with van der Waals surface area (Å²) in [5, 5.41) is 4.69. The summed E-state index contributed by atoms with van der Waals surface area (Å²) < 4.78 is 0. The van der Waals surface area contributed by atoms with Gasteiger partial charge in [0.2, 0.25) is 5.91 Å². The van der Waals surface area contributed by atoms with Crippen molar-refractivity contribution in [2.45, 2.75) is 16.2 Å². The standard InChI is InChI=1S/C17H17ClN2OS2/c1-22-15-6-2-13(3-7-15)12-19-20-17(21)10-11-23-16-8-4-14(18)5-9-16/h2-9,12H,10-11H2,1H3,(H,20,21)/b19-12-. The zero-order valence-corrected chi connectivity index (χ0v) is 15.0. The van der Waals surface area contributed by atoms with E-state index >= 15 is 0 Å². The number of carbonyl (C=O) groups excluding carboxylic acids is 1. The predicted octanol–water partition coefficient (Wildman–Crippen LogP) is 4.69. The SMILES string of the molecule is CSc1ccc(/C=N\NC(=O)CCSc2ccc(Cl)cc2)cc1. The summed E-state index contributed by atoms with van der Waals surface area (Å²) >= 11 is 9.14. The molecule has 0 heterocycles. The smallest absolute Gasteiger partial charge is 0.240 e. The Morgan fingerprint density at radius 3 is 2.43 bits per heavy atom. The Morgan fingerprint density at radius 1 is 1.13 bits per heavy atom. The fraction of sp³-hybridized carbons (Fsp3) is 0.176. The van der Waals surface area contributed by atoms with Crippen molar-refractivity contribution < 1.29 is 4.79 Å². The molecular formula is C17H17ClN2OS2. The van der Waals surface area contributed by atoms with E-state index < -0.39 is 0 Å². The first-order chi connectivity index (χ1) is 11.2. The van der Waals surface area contributed by atoms with Crippen molar-refractivity contribution >= 4 is 47.2 Å². The Morgan fingerprint density at radius 2 is 1.78 bits per heavy atom. The first kappa shape index (κ1) is 17.9. The molecule has 120 valence electrons. The number of benzene rings is 2. The molecule has 3 nitrogen and oxygen atoms in total. The molecule has 0 aliphatic carbocycles. The first-order valence-corrected chi connectivity index (χ1v) is 9.60. The summed E-state index contributed by atoms with van der Waals surface area (Å²) in [6, 6.07) is 15.6. The van der Waals surface area contributed by atoms with Gasteiger partial charge in [0.1, 0.15) is 0 Å². The fourth-order valence-electron chi connectivity index (χ4n) is 1.72. The van der Waals surface area contributed by atoms with Crippen molar-refractivity contribution in [1.82, 2.24) is 5.43 Å². The van der Waals surface area contributed by atoms with Gasteiger partial charge in [-0.2, -0.15) is 5.10 Å². The average molecular weight is 365 g/mol. The highest BCUT2D eigenvalue weighted by Crippen LogP contribution is 2.20. The molecule has 0 saturated carbocycles. The Bertz CT molecular complexity index is 657. The number of thioether (sulfide) groups is 2. The van der Waals surface area contributed by atoms with Crippen molar-refractivity contribution in [2.75, 3.05) is 12.0 Å². The molecule has 2 aromatic carbocycles. The highest BCUT2D eigenvalue weighted by molar-refractivity contribution is 7.99. The van der Waals surface area contributed by atoms with Crippen molar-refractivity contribution in [3.63, 3.8) is 0 Å². The molecule has 0 saturated heterocycles. The minimum absolute atomic E-state index is 0.0940. The van der Waals surface area contributed by atoms with E-state index in [0.717, 1.165) is 10.5 Å². The van der Waals surface area contributed by atoms with E-state index in [1.54, 1.807) is 29.7 Å². The Balaban J connectivity index is 1.69. The van der Waals surface area contributed by atoms with Gasteiger partial charge in [0.25, 0.3) is 0 Å². The second-order valence-corrected chi connectivity index (χ2v) is 7.10. The van der Waals surface area contributed by atoms with Crippen molar-refractivity contribution in [3.05, 3.63) is 59.1 Å². The van der Waals surface area contributed by atoms with Gasteiger partial charge in [-0.15, -0.1) is 23.5 Å². The van der Waals surface area contributed by atoms with Crippen LogP contribution < -0.4 is 5.43 Å². The Hall–Kier alpha value is -1.43. The lowest BCUT2D eigenvalue weighted by molar-refractivity contribution is -0.120. The van der Waals surface area contributed by atoms with Crippen LogP contribution in [0.15, 0.2) is 63.4 Å². The van der Waals surface area contributed by atoms with E-state index in [-0.39, 0.29) is 5.91 Å². The van der Waals surface area contributed by atoms with E-state index in [9.17, 15) is 4.79 Å². The molecule has 0 radical (unpaired) electrons. The van der Waals surface area contributed by atoms with Crippen LogP contribution in [0.4, 0.5) is 0 Å². The molecule has 1 amide bonds. The second kappa shape index (κ2) is 9.65. The zero-order chi connectivity index (χ0) is 16.5. The average Bonchev–Trinajstić information content (AvgIpc) is 2.57. The minimum Gasteiger partial charge on any atom is -0.273 e. The van der Waals surface area contributed by atoms with Gasteiger partial charge < -0.3 is 0 Å². The van der Waals surface area contributed by atoms with Crippen molar-refractivity contribution in [1.29, 1.82) is 0 Å². The minimum atomic E-state index is -0.0940. The van der Waals surface area contributed by atoms with Gasteiger partial charge >= 0.3 is 0 Å². The quantitative estimate of drug-likeness (QED) is 0.440. The van der Waals surface area contributed by atoms with E-state index in [0.29, 0.717) is 17.2 Å².